The van der Waals surface area contributed by atoms with Gasteiger partial charge in [-0.15, -0.1) is 11.3 Å². The highest BCUT2D eigenvalue weighted by Crippen LogP contribution is 2.32. The number of fused-ring (bicyclic) bond motifs is 3. The van der Waals surface area contributed by atoms with Gasteiger partial charge < -0.3 is 10.2 Å². The zero-order chi connectivity index (χ0) is 22.2. The molecule has 0 bridgehead atoms. The van der Waals surface area contributed by atoms with Gasteiger partial charge in [-0.1, -0.05) is 29.8 Å². The van der Waals surface area contributed by atoms with Crippen LogP contribution in [0.25, 0.3) is 10.2 Å². The maximum absolute atomic E-state index is 13.2. The molecule has 6 nitrogen and oxygen atoms in total. The van der Waals surface area contributed by atoms with E-state index in [0.29, 0.717) is 36.3 Å². The Morgan fingerprint density at radius 2 is 1.91 bits per heavy atom. The second kappa shape index (κ2) is 8.20. The molecule has 32 heavy (non-hydrogen) atoms. The minimum absolute atomic E-state index is 0.102. The summed E-state index contributed by atoms with van der Waals surface area (Å²) in [6.45, 7) is 3.31. The quantitative estimate of drug-likeness (QED) is 0.500. The summed E-state index contributed by atoms with van der Waals surface area (Å²) in [6, 6.07) is 13.6. The lowest BCUT2D eigenvalue weighted by molar-refractivity contribution is 0.207. The summed E-state index contributed by atoms with van der Waals surface area (Å²) < 4.78 is 14.7. The number of thiophene rings is 1. The fourth-order valence-electron chi connectivity index (χ4n) is 3.93. The van der Waals surface area contributed by atoms with Crippen LogP contribution >= 0.6 is 11.3 Å². The van der Waals surface area contributed by atoms with Gasteiger partial charge in [0, 0.05) is 17.1 Å². The van der Waals surface area contributed by atoms with Crippen LogP contribution < -0.4 is 10.9 Å². The van der Waals surface area contributed by atoms with E-state index in [2.05, 4.69) is 10.3 Å². The van der Waals surface area contributed by atoms with Crippen molar-refractivity contribution in [2.75, 3.05) is 11.9 Å². The van der Waals surface area contributed by atoms with E-state index < -0.39 is 0 Å². The number of amides is 2. The molecule has 5 rings (SSSR count). The molecule has 0 saturated carbocycles. The third-order valence-corrected chi connectivity index (χ3v) is 6.81. The number of hydrogen-bond acceptors (Lipinski definition) is 4. The van der Waals surface area contributed by atoms with E-state index in [1.54, 1.807) is 21.6 Å². The maximum atomic E-state index is 13.2. The van der Waals surface area contributed by atoms with Crippen LogP contribution in [0.2, 0.25) is 0 Å². The lowest BCUT2D eigenvalue weighted by atomic mass is 10.1. The second-order valence-electron chi connectivity index (χ2n) is 7.96. The highest BCUT2D eigenvalue weighted by Gasteiger charge is 2.26. The molecule has 1 N–H and O–H groups in total. The SMILES string of the molecule is Cc1ccc(NC(=O)N2CCc3c(sc4ncn(Cc5ccc(F)cc5)c(=O)c34)C2)cc1. The van der Waals surface area contributed by atoms with Crippen LogP contribution in [0.3, 0.4) is 0 Å². The zero-order valence-electron chi connectivity index (χ0n) is 17.5. The first-order valence-corrected chi connectivity index (χ1v) is 11.2. The summed E-state index contributed by atoms with van der Waals surface area (Å²) in [6.07, 6.45) is 2.14. The average Bonchev–Trinajstić information content (AvgIpc) is 3.17. The van der Waals surface area contributed by atoms with Gasteiger partial charge in [0.1, 0.15) is 10.6 Å². The summed E-state index contributed by atoms with van der Waals surface area (Å²) in [4.78, 5) is 33.9. The second-order valence-corrected chi connectivity index (χ2v) is 9.04. The fraction of sp³-hybridized carbons (Fsp3) is 0.208. The van der Waals surface area contributed by atoms with Gasteiger partial charge in [-0.2, -0.15) is 0 Å². The first-order valence-electron chi connectivity index (χ1n) is 10.3. The van der Waals surface area contributed by atoms with Gasteiger partial charge in [-0.25, -0.2) is 14.2 Å². The Morgan fingerprint density at radius 1 is 1.16 bits per heavy atom. The van der Waals surface area contributed by atoms with Gasteiger partial charge in [0.05, 0.1) is 24.8 Å². The van der Waals surface area contributed by atoms with Crippen molar-refractivity contribution in [1.29, 1.82) is 0 Å². The minimum atomic E-state index is -0.308. The Balaban J connectivity index is 1.38. The van der Waals surface area contributed by atoms with Gasteiger partial charge in [-0.3, -0.25) is 9.36 Å². The summed E-state index contributed by atoms with van der Waals surface area (Å²) in [7, 11) is 0. The van der Waals surface area contributed by atoms with Crippen molar-refractivity contribution in [2.24, 2.45) is 0 Å². The zero-order valence-corrected chi connectivity index (χ0v) is 18.3. The van der Waals surface area contributed by atoms with Gasteiger partial charge in [0.25, 0.3) is 5.56 Å². The summed E-state index contributed by atoms with van der Waals surface area (Å²) in [5, 5.41) is 3.57. The van der Waals surface area contributed by atoms with E-state index in [1.807, 2.05) is 31.2 Å². The molecular formula is C24H21FN4O2S. The van der Waals surface area contributed by atoms with E-state index in [1.165, 1.54) is 29.8 Å². The molecule has 0 atom stereocenters. The van der Waals surface area contributed by atoms with Crippen LogP contribution in [0.5, 0.6) is 0 Å². The van der Waals surface area contributed by atoms with Crippen LogP contribution in [-0.4, -0.2) is 27.0 Å². The maximum Gasteiger partial charge on any atom is 0.322 e. The Hall–Kier alpha value is -3.52. The summed E-state index contributed by atoms with van der Waals surface area (Å²) in [5.74, 6) is -0.308. The van der Waals surface area contributed by atoms with Crippen LogP contribution in [-0.2, 0) is 19.5 Å². The number of hydrogen-bond donors (Lipinski definition) is 1. The number of nitrogens with zero attached hydrogens (tertiary/aromatic N) is 3. The van der Waals surface area contributed by atoms with Gasteiger partial charge >= 0.3 is 6.03 Å². The lowest BCUT2D eigenvalue weighted by Crippen LogP contribution is -2.38. The Morgan fingerprint density at radius 3 is 2.66 bits per heavy atom. The van der Waals surface area contributed by atoms with Crippen molar-refractivity contribution in [1.82, 2.24) is 14.5 Å². The number of benzene rings is 2. The molecule has 0 fully saturated rings. The molecule has 0 spiro atoms. The van der Waals surface area contributed by atoms with E-state index in [4.69, 9.17) is 0 Å². The van der Waals surface area contributed by atoms with Crippen LogP contribution in [0.4, 0.5) is 14.9 Å². The van der Waals surface area contributed by atoms with Crippen molar-refractivity contribution >= 4 is 33.3 Å². The molecule has 1 aliphatic rings. The Labute approximate surface area is 187 Å². The van der Waals surface area contributed by atoms with Crippen molar-refractivity contribution < 1.29 is 9.18 Å². The minimum Gasteiger partial charge on any atom is -0.319 e. The molecule has 2 amide bonds. The van der Waals surface area contributed by atoms with Gasteiger partial charge in [0.15, 0.2) is 0 Å². The molecule has 2 aromatic heterocycles. The number of aromatic nitrogens is 2. The Bertz CT molecular complexity index is 1360. The van der Waals surface area contributed by atoms with Crippen molar-refractivity contribution in [3.63, 3.8) is 0 Å². The van der Waals surface area contributed by atoms with E-state index >= 15 is 0 Å². The highest BCUT2D eigenvalue weighted by atomic mass is 32.1. The third kappa shape index (κ3) is 3.89. The monoisotopic (exact) mass is 448 g/mol. The molecule has 0 aliphatic carbocycles. The molecule has 0 radical (unpaired) electrons. The van der Waals surface area contributed by atoms with E-state index in [9.17, 15) is 14.0 Å². The topological polar surface area (TPSA) is 67.2 Å². The molecule has 0 unspecified atom stereocenters. The first kappa shape index (κ1) is 20.4. The molecule has 3 heterocycles. The fourth-order valence-corrected chi connectivity index (χ4v) is 5.12. The van der Waals surface area contributed by atoms with E-state index in [-0.39, 0.29) is 17.4 Å². The smallest absolute Gasteiger partial charge is 0.319 e. The van der Waals surface area contributed by atoms with Crippen LogP contribution in [0.15, 0.2) is 59.7 Å². The first-order chi connectivity index (χ1) is 15.5. The molecule has 162 valence electrons. The number of anilines is 1. The predicted molar refractivity (Wildman–Crippen MR) is 124 cm³/mol. The molecule has 2 aromatic carbocycles. The highest BCUT2D eigenvalue weighted by molar-refractivity contribution is 7.18. The number of carbonyl (C=O) groups is 1. The van der Waals surface area contributed by atoms with E-state index in [0.717, 1.165) is 27.3 Å². The van der Waals surface area contributed by atoms with Crippen molar-refractivity contribution in [2.45, 2.75) is 26.4 Å². The normalized spacial score (nSPS) is 13.2. The number of nitrogens with one attached hydrogen (secondary N) is 1. The number of rotatable bonds is 3. The third-order valence-electron chi connectivity index (χ3n) is 5.68. The summed E-state index contributed by atoms with van der Waals surface area (Å²) in [5.41, 5.74) is 3.60. The lowest BCUT2D eigenvalue weighted by Gasteiger charge is -2.27. The number of carbonyl (C=O) groups excluding carboxylic acids is 1. The molecule has 1 aliphatic heterocycles. The van der Waals surface area contributed by atoms with Crippen molar-refractivity contribution in [3.8, 4) is 0 Å². The number of urea groups is 1. The van der Waals surface area contributed by atoms with Gasteiger partial charge in [-0.05, 0) is 48.7 Å². The molecule has 0 saturated heterocycles. The van der Waals surface area contributed by atoms with Crippen LogP contribution in [0, 0.1) is 12.7 Å². The average molecular weight is 449 g/mol. The number of aryl methyl sites for hydroxylation is 1. The predicted octanol–water partition coefficient (Wildman–Crippen LogP) is 4.54. The molecule has 4 aromatic rings. The largest absolute Gasteiger partial charge is 0.322 e. The standard InChI is InChI=1S/C24H21FN4O2S/c1-15-2-8-18(9-3-15)27-24(31)28-11-10-19-20(13-28)32-22-21(19)23(30)29(14-26-22)12-16-4-6-17(25)7-5-16/h2-9,14H,10-13H2,1H3,(H,27,31). The Kier molecular flexibility index (Phi) is 5.22. The number of halogens is 1. The van der Waals surface area contributed by atoms with Gasteiger partial charge in [0.2, 0.25) is 0 Å². The molecular weight excluding hydrogens is 427 g/mol. The summed E-state index contributed by atoms with van der Waals surface area (Å²) >= 11 is 1.46. The molecule has 8 heteroatoms. The van der Waals surface area contributed by atoms with Crippen molar-refractivity contribution in [3.05, 3.63) is 92.6 Å². The van der Waals surface area contributed by atoms with Crippen LogP contribution in [0.1, 0.15) is 21.6 Å².